The second kappa shape index (κ2) is 5.29. The molecule has 0 aliphatic rings. The molecule has 21 heavy (non-hydrogen) atoms. The summed E-state index contributed by atoms with van der Waals surface area (Å²) in [7, 11) is 0. The van der Waals surface area contributed by atoms with Crippen LogP contribution < -0.4 is 5.32 Å². The Morgan fingerprint density at radius 2 is 2.10 bits per heavy atom. The van der Waals surface area contributed by atoms with Crippen molar-refractivity contribution in [1.29, 1.82) is 0 Å². The first-order valence-electron chi connectivity index (χ1n) is 6.25. The smallest absolute Gasteiger partial charge is 0.303 e. The van der Waals surface area contributed by atoms with Crippen LogP contribution in [0.15, 0.2) is 47.1 Å². The van der Waals surface area contributed by atoms with Gasteiger partial charge in [0.2, 0.25) is 0 Å². The molecular weight excluding hydrogens is 337 g/mol. The summed E-state index contributed by atoms with van der Waals surface area (Å²) in [5.41, 5.74) is 1.82. The third-order valence-corrected chi connectivity index (χ3v) is 3.58. The highest BCUT2D eigenvalue weighted by atomic mass is 79.9. The van der Waals surface area contributed by atoms with Crippen LogP contribution in [0.4, 0.5) is 14.9 Å². The van der Waals surface area contributed by atoms with Crippen LogP contribution in [0.3, 0.4) is 0 Å². The normalized spacial score (nSPS) is 10.8. The molecule has 3 rings (SSSR count). The van der Waals surface area contributed by atoms with Crippen LogP contribution in [-0.2, 0) is 0 Å². The number of anilines is 1. The number of benzene rings is 2. The molecule has 0 aliphatic carbocycles. The van der Waals surface area contributed by atoms with Crippen LogP contribution in [0, 0.1) is 12.7 Å². The van der Waals surface area contributed by atoms with Gasteiger partial charge >= 0.3 is 6.03 Å². The van der Waals surface area contributed by atoms with Gasteiger partial charge in [-0.1, -0.05) is 28.1 Å². The Morgan fingerprint density at radius 3 is 2.86 bits per heavy atom. The topological polar surface area (TPSA) is 46.9 Å². The third kappa shape index (κ3) is 2.67. The van der Waals surface area contributed by atoms with E-state index in [-0.39, 0.29) is 5.69 Å². The fraction of sp³-hybridized carbons (Fsp3) is 0.0667. The van der Waals surface area contributed by atoms with E-state index in [0.29, 0.717) is 9.99 Å². The minimum Gasteiger partial charge on any atom is -0.303 e. The minimum absolute atomic E-state index is 0.111. The summed E-state index contributed by atoms with van der Waals surface area (Å²) in [6.45, 7) is 1.93. The molecule has 0 radical (unpaired) electrons. The summed E-state index contributed by atoms with van der Waals surface area (Å²) in [6.07, 6.45) is 1.60. The first-order valence-corrected chi connectivity index (χ1v) is 7.05. The molecule has 3 aromatic rings. The number of fused-ring (bicyclic) bond motifs is 1. The summed E-state index contributed by atoms with van der Waals surface area (Å²) < 4.78 is 15.6. The highest BCUT2D eigenvalue weighted by Gasteiger charge is 2.13. The van der Waals surface area contributed by atoms with Crippen molar-refractivity contribution in [2.75, 3.05) is 5.32 Å². The average molecular weight is 348 g/mol. The number of amides is 1. The molecule has 1 N–H and O–H groups in total. The van der Waals surface area contributed by atoms with Crippen molar-refractivity contribution in [3.63, 3.8) is 0 Å². The molecule has 4 nitrogen and oxygen atoms in total. The van der Waals surface area contributed by atoms with Gasteiger partial charge in [0.1, 0.15) is 5.82 Å². The van der Waals surface area contributed by atoms with Crippen LogP contribution >= 0.6 is 15.9 Å². The first kappa shape index (κ1) is 13.8. The molecular formula is C15H11BrFN3O. The number of hydrogen-bond donors (Lipinski definition) is 1. The van der Waals surface area contributed by atoms with Gasteiger partial charge in [-0.05, 0) is 36.8 Å². The highest BCUT2D eigenvalue weighted by Crippen LogP contribution is 2.20. The Labute approximate surface area is 128 Å². The molecule has 6 heteroatoms. The maximum atomic E-state index is 13.8. The van der Waals surface area contributed by atoms with Crippen LogP contribution in [0.5, 0.6) is 0 Å². The van der Waals surface area contributed by atoms with E-state index >= 15 is 0 Å². The molecule has 1 heterocycles. The van der Waals surface area contributed by atoms with E-state index in [2.05, 4.69) is 26.3 Å². The van der Waals surface area contributed by atoms with Crippen LogP contribution in [-0.4, -0.2) is 15.8 Å². The molecule has 1 amide bonds. The predicted octanol–water partition coefficient (Wildman–Crippen LogP) is 4.33. The Balaban J connectivity index is 1.95. The minimum atomic E-state index is -0.509. The molecule has 0 bridgehead atoms. The maximum absolute atomic E-state index is 13.8. The number of aromatic nitrogens is 2. The molecule has 0 fully saturated rings. The van der Waals surface area contributed by atoms with Crippen molar-refractivity contribution in [1.82, 2.24) is 9.78 Å². The fourth-order valence-electron chi connectivity index (χ4n) is 2.05. The molecule has 0 saturated heterocycles. The second-order valence-corrected chi connectivity index (χ2v) is 5.59. The highest BCUT2D eigenvalue weighted by molar-refractivity contribution is 9.10. The molecule has 0 saturated carbocycles. The van der Waals surface area contributed by atoms with Crippen molar-refractivity contribution in [3.05, 3.63) is 58.4 Å². The first-order chi connectivity index (χ1) is 10.0. The summed E-state index contributed by atoms with van der Waals surface area (Å²) >= 11 is 3.17. The maximum Gasteiger partial charge on any atom is 0.347 e. The summed E-state index contributed by atoms with van der Waals surface area (Å²) in [4.78, 5) is 12.2. The molecule has 1 aromatic heterocycles. The number of nitrogens with one attached hydrogen (secondary N) is 1. The van der Waals surface area contributed by atoms with E-state index in [0.717, 1.165) is 10.9 Å². The van der Waals surface area contributed by atoms with Crippen LogP contribution in [0.2, 0.25) is 0 Å². The number of nitrogens with zero attached hydrogens (tertiary/aromatic N) is 2. The Hall–Kier alpha value is -2.21. The van der Waals surface area contributed by atoms with E-state index in [1.165, 1.54) is 16.8 Å². The van der Waals surface area contributed by atoms with Gasteiger partial charge in [-0.3, -0.25) is 0 Å². The Bertz CT molecular complexity index is 844. The zero-order chi connectivity index (χ0) is 15.0. The molecule has 0 atom stereocenters. The molecule has 0 spiro atoms. The fourth-order valence-corrected chi connectivity index (χ4v) is 2.38. The van der Waals surface area contributed by atoms with Crippen molar-refractivity contribution < 1.29 is 9.18 Å². The van der Waals surface area contributed by atoms with Gasteiger partial charge in [0.05, 0.1) is 17.4 Å². The summed E-state index contributed by atoms with van der Waals surface area (Å²) in [5.74, 6) is -0.509. The zero-order valence-electron chi connectivity index (χ0n) is 11.1. The standard InChI is InChI=1S/C15H11BrFN3O/c1-9-2-3-10-8-18-20(14(10)6-9)15(21)19-13-5-4-11(16)7-12(13)17/h2-8H,1H3,(H,19,21). The number of carbonyl (C=O) groups is 1. The van der Waals surface area contributed by atoms with Crippen molar-refractivity contribution in [2.24, 2.45) is 0 Å². The van der Waals surface area contributed by atoms with Gasteiger partial charge in [-0.15, -0.1) is 0 Å². The molecule has 0 unspecified atom stereocenters. The van der Waals surface area contributed by atoms with Gasteiger partial charge in [0, 0.05) is 9.86 Å². The third-order valence-electron chi connectivity index (χ3n) is 3.09. The number of carbonyl (C=O) groups excluding carboxylic acids is 1. The van der Waals surface area contributed by atoms with Gasteiger partial charge in [-0.2, -0.15) is 9.78 Å². The Morgan fingerprint density at radius 1 is 1.29 bits per heavy atom. The van der Waals surface area contributed by atoms with Crippen molar-refractivity contribution in [2.45, 2.75) is 6.92 Å². The van der Waals surface area contributed by atoms with Gasteiger partial charge < -0.3 is 5.32 Å². The predicted molar refractivity (Wildman–Crippen MR) is 83.0 cm³/mol. The number of hydrogen-bond acceptors (Lipinski definition) is 2. The van der Waals surface area contributed by atoms with Gasteiger partial charge in [-0.25, -0.2) is 9.18 Å². The lowest BCUT2D eigenvalue weighted by molar-refractivity contribution is 0.251. The SMILES string of the molecule is Cc1ccc2cnn(C(=O)Nc3ccc(Br)cc3F)c2c1. The number of rotatable bonds is 1. The number of halogens is 2. The van der Waals surface area contributed by atoms with Crippen molar-refractivity contribution >= 4 is 38.6 Å². The lowest BCUT2D eigenvalue weighted by Crippen LogP contribution is -2.21. The zero-order valence-corrected chi connectivity index (χ0v) is 12.7. The van der Waals surface area contributed by atoms with E-state index in [4.69, 9.17) is 0 Å². The monoisotopic (exact) mass is 347 g/mol. The Kier molecular flexibility index (Phi) is 3.47. The van der Waals surface area contributed by atoms with E-state index in [9.17, 15) is 9.18 Å². The number of aryl methyl sites for hydroxylation is 1. The van der Waals surface area contributed by atoms with Gasteiger partial charge in [0.15, 0.2) is 0 Å². The van der Waals surface area contributed by atoms with E-state index in [1.54, 1.807) is 12.3 Å². The average Bonchev–Trinajstić information content (AvgIpc) is 2.85. The molecule has 2 aromatic carbocycles. The molecule has 0 aliphatic heterocycles. The summed E-state index contributed by atoms with van der Waals surface area (Å²) in [5, 5.41) is 7.42. The van der Waals surface area contributed by atoms with Gasteiger partial charge in [0.25, 0.3) is 0 Å². The van der Waals surface area contributed by atoms with E-state index in [1.807, 2.05) is 25.1 Å². The largest absolute Gasteiger partial charge is 0.347 e. The van der Waals surface area contributed by atoms with E-state index < -0.39 is 11.8 Å². The second-order valence-electron chi connectivity index (χ2n) is 4.67. The lowest BCUT2D eigenvalue weighted by Gasteiger charge is -2.07. The van der Waals surface area contributed by atoms with Crippen LogP contribution in [0.1, 0.15) is 5.56 Å². The van der Waals surface area contributed by atoms with Crippen LogP contribution in [0.25, 0.3) is 10.9 Å². The quantitative estimate of drug-likeness (QED) is 0.712. The lowest BCUT2D eigenvalue weighted by atomic mass is 10.2. The van der Waals surface area contributed by atoms with Crippen molar-refractivity contribution in [3.8, 4) is 0 Å². The molecule has 106 valence electrons. The summed E-state index contributed by atoms with van der Waals surface area (Å²) in [6, 6.07) is 9.64.